The highest BCUT2D eigenvalue weighted by Crippen LogP contribution is 2.37. The van der Waals surface area contributed by atoms with Gasteiger partial charge in [0.15, 0.2) is 0 Å². The lowest BCUT2D eigenvalue weighted by Gasteiger charge is -2.39. The van der Waals surface area contributed by atoms with Gasteiger partial charge in [-0.05, 0) is 55.7 Å². The number of fused-ring (bicyclic) bond motifs is 1. The van der Waals surface area contributed by atoms with E-state index in [0.717, 1.165) is 41.0 Å². The number of aromatic nitrogens is 1. The summed E-state index contributed by atoms with van der Waals surface area (Å²) in [6, 6.07) is 11.6. The summed E-state index contributed by atoms with van der Waals surface area (Å²) in [5.74, 6) is 0.0434. The van der Waals surface area contributed by atoms with Gasteiger partial charge in [-0.2, -0.15) is 4.31 Å². The first-order chi connectivity index (χ1) is 15.0. The van der Waals surface area contributed by atoms with Crippen molar-refractivity contribution in [2.24, 2.45) is 5.92 Å². The molecule has 5 rings (SSSR count). The summed E-state index contributed by atoms with van der Waals surface area (Å²) in [4.78, 5) is 20.3. The molecule has 0 aliphatic carbocycles. The minimum absolute atomic E-state index is 0.0338. The average Bonchev–Trinajstić information content (AvgIpc) is 3.49. The molecule has 0 spiro atoms. The number of carbonyl (C=O) groups is 1. The summed E-state index contributed by atoms with van der Waals surface area (Å²) in [7, 11) is -3.44. The Bertz CT molecular complexity index is 1130. The van der Waals surface area contributed by atoms with E-state index in [1.165, 1.54) is 15.6 Å². The SMILES string of the molecule is O=C(C1CCN(S(=O)(=O)c2cccs2)CC1)N1CCCCC1c1nc2ccccc2s1. The van der Waals surface area contributed by atoms with E-state index < -0.39 is 10.0 Å². The molecular formula is C22H25N3O3S3. The number of hydrogen-bond donors (Lipinski definition) is 0. The van der Waals surface area contributed by atoms with Gasteiger partial charge in [0.25, 0.3) is 10.0 Å². The molecule has 0 N–H and O–H groups in total. The molecule has 2 aromatic heterocycles. The Morgan fingerprint density at radius 2 is 1.81 bits per heavy atom. The van der Waals surface area contributed by atoms with E-state index in [9.17, 15) is 13.2 Å². The Morgan fingerprint density at radius 3 is 2.55 bits per heavy atom. The number of rotatable bonds is 4. The van der Waals surface area contributed by atoms with Crippen LogP contribution in [0.2, 0.25) is 0 Å². The Labute approximate surface area is 190 Å². The summed E-state index contributed by atoms with van der Waals surface area (Å²) in [6.45, 7) is 1.56. The fourth-order valence-electron chi connectivity index (χ4n) is 4.60. The van der Waals surface area contributed by atoms with Crippen molar-refractivity contribution in [3.8, 4) is 0 Å². The first kappa shape index (κ1) is 21.1. The Kier molecular flexibility index (Phi) is 5.85. The van der Waals surface area contributed by atoms with Crippen LogP contribution in [0.1, 0.15) is 43.2 Å². The Balaban J connectivity index is 1.30. The highest BCUT2D eigenvalue weighted by molar-refractivity contribution is 7.91. The largest absolute Gasteiger partial charge is 0.333 e. The number of likely N-dealkylation sites (tertiary alicyclic amines) is 1. The van der Waals surface area contributed by atoms with Crippen LogP contribution in [0.4, 0.5) is 0 Å². The second kappa shape index (κ2) is 8.61. The van der Waals surface area contributed by atoms with Gasteiger partial charge in [0.2, 0.25) is 5.91 Å². The fourth-order valence-corrected chi connectivity index (χ4v) is 8.33. The number of carbonyl (C=O) groups excluding carboxylic acids is 1. The molecule has 2 fully saturated rings. The van der Waals surface area contributed by atoms with Crippen molar-refractivity contribution in [3.63, 3.8) is 0 Å². The van der Waals surface area contributed by atoms with Gasteiger partial charge in [0.1, 0.15) is 9.22 Å². The zero-order valence-corrected chi connectivity index (χ0v) is 19.6. The number of piperidine rings is 2. The smallest absolute Gasteiger partial charge is 0.252 e. The molecule has 2 saturated heterocycles. The zero-order chi connectivity index (χ0) is 21.4. The second-order valence-corrected chi connectivity index (χ2v) is 12.3. The summed E-state index contributed by atoms with van der Waals surface area (Å²) in [5, 5.41) is 2.80. The number of hydrogen-bond acceptors (Lipinski definition) is 6. The Hall–Kier alpha value is -1.81. The van der Waals surface area contributed by atoms with Gasteiger partial charge in [-0.15, -0.1) is 22.7 Å². The molecule has 3 aromatic rings. The topological polar surface area (TPSA) is 70.6 Å². The first-order valence-corrected chi connectivity index (χ1v) is 13.9. The number of thiazole rings is 1. The highest BCUT2D eigenvalue weighted by atomic mass is 32.2. The van der Waals surface area contributed by atoms with Gasteiger partial charge >= 0.3 is 0 Å². The van der Waals surface area contributed by atoms with Crippen molar-refractivity contribution in [1.82, 2.24) is 14.2 Å². The zero-order valence-electron chi connectivity index (χ0n) is 17.1. The lowest BCUT2D eigenvalue weighted by atomic mass is 9.93. The predicted molar refractivity (Wildman–Crippen MR) is 124 cm³/mol. The van der Waals surface area contributed by atoms with Gasteiger partial charge in [-0.1, -0.05) is 18.2 Å². The number of nitrogens with zero attached hydrogens (tertiary/aromatic N) is 3. The lowest BCUT2D eigenvalue weighted by Crippen LogP contribution is -2.46. The van der Waals surface area contributed by atoms with Gasteiger partial charge in [0, 0.05) is 25.6 Å². The number of amides is 1. The third-order valence-electron chi connectivity index (χ3n) is 6.27. The molecule has 6 nitrogen and oxygen atoms in total. The quantitative estimate of drug-likeness (QED) is 0.557. The summed E-state index contributed by atoms with van der Waals surface area (Å²) in [6.07, 6.45) is 4.21. The van der Waals surface area contributed by atoms with E-state index in [1.807, 2.05) is 23.1 Å². The van der Waals surface area contributed by atoms with Crippen LogP contribution in [0, 0.1) is 5.92 Å². The molecular weight excluding hydrogens is 450 g/mol. The lowest BCUT2D eigenvalue weighted by molar-refractivity contribution is -0.140. The van der Waals surface area contributed by atoms with Gasteiger partial charge in [-0.3, -0.25) is 4.79 Å². The number of sulfonamides is 1. The summed E-state index contributed by atoms with van der Waals surface area (Å²) >= 11 is 2.92. The van der Waals surface area contributed by atoms with Crippen LogP contribution < -0.4 is 0 Å². The van der Waals surface area contributed by atoms with Crippen molar-refractivity contribution in [2.45, 2.75) is 42.4 Å². The molecule has 0 radical (unpaired) electrons. The van der Waals surface area contributed by atoms with Crippen LogP contribution in [0.5, 0.6) is 0 Å². The molecule has 1 aromatic carbocycles. The molecule has 0 bridgehead atoms. The van der Waals surface area contributed by atoms with Crippen molar-refractivity contribution in [2.75, 3.05) is 19.6 Å². The van der Waals surface area contributed by atoms with Crippen LogP contribution in [0.3, 0.4) is 0 Å². The van der Waals surface area contributed by atoms with Crippen LogP contribution in [-0.2, 0) is 14.8 Å². The summed E-state index contributed by atoms with van der Waals surface area (Å²) < 4.78 is 28.6. The molecule has 164 valence electrons. The highest BCUT2D eigenvalue weighted by Gasteiger charge is 2.37. The van der Waals surface area contributed by atoms with Crippen molar-refractivity contribution in [1.29, 1.82) is 0 Å². The van der Waals surface area contributed by atoms with E-state index in [2.05, 4.69) is 6.07 Å². The second-order valence-electron chi connectivity index (χ2n) is 8.17. The molecule has 0 saturated carbocycles. The van der Waals surface area contributed by atoms with Crippen LogP contribution >= 0.6 is 22.7 Å². The van der Waals surface area contributed by atoms with E-state index in [1.54, 1.807) is 28.8 Å². The van der Waals surface area contributed by atoms with Gasteiger partial charge in [-0.25, -0.2) is 13.4 Å². The van der Waals surface area contributed by atoms with E-state index >= 15 is 0 Å². The van der Waals surface area contributed by atoms with Gasteiger partial charge in [0.05, 0.1) is 16.3 Å². The molecule has 9 heteroatoms. The van der Waals surface area contributed by atoms with Crippen LogP contribution in [-0.4, -0.2) is 48.1 Å². The monoisotopic (exact) mass is 475 g/mol. The minimum atomic E-state index is -3.44. The number of para-hydroxylation sites is 1. The normalized spacial score (nSPS) is 21.5. The molecule has 2 aliphatic rings. The third kappa shape index (κ3) is 4.04. The fraction of sp³-hybridized carbons (Fsp3) is 0.455. The first-order valence-electron chi connectivity index (χ1n) is 10.7. The molecule has 1 atom stereocenters. The van der Waals surface area contributed by atoms with E-state index in [0.29, 0.717) is 30.1 Å². The molecule has 1 amide bonds. The Morgan fingerprint density at radius 1 is 1.00 bits per heavy atom. The summed E-state index contributed by atoms with van der Waals surface area (Å²) in [5.41, 5.74) is 0.993. The predicted octanol–water partition coefficient (Wildman–Crippen LogP) is 4.51. The molecule has 2 aliphatic heterocycles. The third-order valence-corrected chi connectivity index (χ3v) is 10.7. The standard InChI is InChI=1S/C22H25N3O3S3/c26-22(16-10-13-24(14-11-16)31(27,28)20-9-5-15-29-20)25-12-4-3-7-18(25)21-23-17-6-1-2-8-19(17)30-21/h1-2,5-6,8-9,15-16,18H,3-4,7,10-14H2. The maximum Gasteiger partial charge on any atom is 0.252 e. The maximum atomic E-state index is 13.5. The van der Waals surface area contributed by atoms with E-state index in [4.69, 9.17) is 4.98 Å². The van der Waals surface area contributed by atoms with Crippen LogP contribution in [0.15, 0.2) is 46.0 Å². The molecule has 4 heterocycles. The number of benzene rings is 1. The number of thiophene rings is 1. The molecule has 1 unspecified atom stereocenters. The molecule has 31 heavy (non-hydrogen) atoms. The van der Waals surface area contributed by atoms with E-state index in [-0.39, 0.29) is 17.9 Å². The van der Waals surface area contributed by atoms with Crippen molar-refractivity contribution in [3.05, 3.63) is 46.8 Å². The van der Waals surface area contributed by atoms with Crippen molar-refractivity contribution < 1.29 is 13.2 Å². The minimum Gasteiger partial charge on any atom is -0.333 e. The van der Waals surface area contributed by atoms with Crippen molar-refractivity contribution >= 4 is 48.8 Å². The van der Waals surface area contributed by atoms with Crippen LogP contribution in [0.25, 0.3) is 10.2 Å². The average molecular weight is 476 g/mol. The van der Waals surface area contributed by atoms with Gasteiger partial charge < -0.3 is 4.90 Å². The maximum absolute atomic E-state index is 13.5.